The van der Waals surface area contributed by atoms with E-state index in [-0.39, 0.29) is 0 Å². The van der Waals surface area contributed by atoms with E-state index in [1.54, 1.807) is 25.3 Å². The van der Waals surface area contributed by atoms with E-state index in [0.29, 0.717) is 18.1 Å². The zero-order valence-electron chi connectivity index (χ0n) is 12.3. The fourth-order valence-electron chi connectivity index (χ4n) is 1.86. The third kappa shape index (κ3) is 4.45. The van der Waals surface area contributed by atoms with Crippen LogP contribution in [0.5, 0.6) is 0 Å². The molecular formula is C15H18N4O2. The number of anilines is 3. The highest BCUT2D eigenvalue weighted by Crippen LogP contribution is 2.16. The lowest BCUT2D eigenvalue weighted by atomic mass is 10.2. The van der Waals surface area contributed by atoms with Crippen LogP contribution >= 0.6 is 0 Å². The van der Waals surface area contributed by atoms with E-state index < -0.39 is 6.09 Å². The Morgan fingerprint density at radius 3 is 2.67 bits per heavy atom. The normalized spacial score (nSPS) is 10.0. The largest absolute Gasteiger partial charge is 0.450 e. The number of pyridine rings is 2. The number of ether oxygens (including phenoxy) is 1. The SMILES string of the molecule is CCOC(=O)Nc1ccc(Nc2cc(C)cc(C)n2)nc1. The molecule has 6 nitrogen and oxygen atoms in total. The van der Waals surface area contributed by atoms with E-state index in [2.05, 4.69) is 20.6 Å². The Bertz CT molecular complexity index is 606. The first-order valence-corrected chi connectivity index (χ1v) is 6.69. The van der Waals surface area contributed by atoms with Gasteiger partial charge in [-0.3, -0.25) is 5.32 Å². The van der Waals surface area contributed by atoms with Gasteiger partial charge in [-0.05, 0) is 50.6 Å². The van der Waals surface area contributed by atoms with Gasteiger partial charge in [0.1, 0.15) is 11.6 Å². The summed E-state index contributed by atoms with van der Waals surface area (Å²) in [7, 11) is 0. The van der Waals surface area contributed by atoms with E-state index in [9.17, 15) is 4.79 Å². The second-order valence-electron chi connectivity index (χ2n) is 4.57. The molecule has 0 aliphatic rings. The highest BCUT2D eigenvalue weighted by atomic mass is 16.5. The van der Waals surface area contributed by atoms with Crippen molar-refractivity contribution in [2.24, 2.45) is 0 Å². The van der Waals surface area contributed by atoms with Gasteiger partial charge < -0.3 is 10.1 Å². The van der Waals surface area contributed by atoms with Gasteiger partial charge in [0.05, 0.1) is 18.5 Å². The van der Waals surface area contributed by atoms with Gasteiger partial charge in [0.25, 0.3) is 0 Å². The molecule has 0 unspecified atom stereocenters. The maximum absolute atomic E-state index is 11.3. The summed E-state index contributed by atoms with van der Waals surface area (Å²) in [5, 5.41) is 5.71. The van der Waals surface area contributed by atoms with Crippen LogP contribution in [0.25, 0.3) is 0 Å². The maximum Gasteiger partial charge on any atom is 0.411 e. The van der Waals surface area contributed by atoms with Gasteiger partial charge in [-0.15, -0.1) is 0 Å². The molecule has 0 radical (unpaired) electrons. The Hall–Kier alpha value is -2.63. The van der Waals surface area contributed by atoms with Crippen molar-refractivity contribution in [3.8, 4) is 0 Å². The van der Waals surface area contributed by atoms with E-state index in [0.717, 1.165) is 17.1 Å². The van der Waals surface area contributed by atoms with Crippen molar-refractivity contribution in [2.45, 2.75) is 20.8 Å². The summed E-state index contributed by atoms with van der Waals surface area (Å²) in [4.78, 5) is 19.9. The number of nitrogens with one attached hydrogen (secondary N) is 2. The molecule has 2 aromatic heterocycles. The topological polar surface area (TPSA) is 76.1 Å². The quantitative estimate of drug-likeness (QED) is 0.900. The third-order valence-electron chi connectivity index (χ3n) is 2.64. The lowest BCUT2D eigenvalue weighted by molar-refractivity contribution is 0.168. The molecule has 0 aromatic carbocycles. The number of aromatic nitrogens is 2. The molecule has 2 N–H and O–H groups in total. The Morgan fingerprint density at radius 2 is 2.05 bits per heavy atom. The van der Waals surface area contributed by atoms with Crippen molar-refractivity contribution in [3.63, 3.8) is 0 Å². The second-order valence-corrected chi connectivity index (χ2v) is 4.57. The summed E-state index contributed by atoms with van der Waals surface area (Å²) < 4.78 is 4.79. The molecule has 21 heavy (non-hydrogen) atoms. The van der Waals surface area contributed by atoms with Crippen molar-refractivity contribution < 1.29 is 9.53 Å². The van der Waals surface area contributed by atoms with Crippen LogP contribution in [0.15, 0.2) is 30.5 Å². The maximum atomic E-state index is 11.3. The number of rotatable bonds is 4. The van der Waals surface area contributed by atoms with Crippen molar-refractivity contribution in [1.29, 1.82) is 0 Å². The summed E-state index contributed by atoms with van der Waals surface area (Å²) in [6.07, 6.45) is 1.07. The lowest BCUT2D eigenvalue weighted by Crippen LogP contribution is -2.13. The van der Waals surface area contributed by atoms with Crippen LogP contribution in [0.4, 0.5) is 22.1 Å². The number of carbonyl (C=O) groups excluding carboxylic acids is 1. The van der Waals surface area contributed by atoms with Gasteiger partial charge in [0, 0.05) is 5.69 Å². The molecule has 2 aromatic rings. The molecule has 6 heteroatoms. The van der Waals surface area contributed by atoms with E-state index in [1.807, 2.05) is 26.0 Å². The summed E-state index contributed by atoms with van der Waals surface area (Å²) >= 11 is 0. The molecule has 2 heterocycles. The Morgan fingerprint density at radius 1 is 1.24 bits per heavy atom. The lowest BCUT2D eigenvalue weighted by Gasteiger charge is -2.08. The fourth-order valence-corrected chi connectivity index (χ4v) is 1.86. The number of nitrogens with zero attached hydrogens (tertiary/aromatic N) is 2. The second kappa shape index (κ2) is 6.69. The van der Waals surface area contributed by atoms with Crippen molar-refractivity contribution >= 4 is 23.4 Å². The fraction of sp³-hybridized carbons (Fsp3) is 0.267. The van der Waals surface area contributed by atoms with E-state index in [4.69, 9.17) is 4.74 Å². The monoisotopic (exact) mass is 286 g/mol. The average Bonchev–Trinajstić information content (AvgIpc) is 2.40. The van der Waals surface area contributed by atoms with Gasteiger partial charge >= 0.3 is 6.09 Å². The molecule has 110 valence electrons. The summed E-state index contributed by atoms with van der Waals surface area (Å²) in [5.74, 6) is 1.40. The molecule has 0 atom stereocenters. The van der Waals surface area contributed by atoms with Gasteiger partial charge in [-0.2, -0.15) is 0 Å². The molecule has 0 bridgehead atoms. The van der Waals surface area contributed by atoms with E-state index in [1.165, 1.54) is 0 Å². The zero-order valence-corrected chi connectivity index (χ0v) is 12.3. The first-order chi connectivity index (χ1) is 10.1. The van der Waals surface area contributed by atoms with Crippen LogP contribution in [0.3, 0.4) is 0 Å². The minimum absolute atomic E-state index is 0.331. The van der Waals surface area contributed by atoms with Crippen molar-refractivity contribution in [2.75, 3.05) is 17.2 Å². The molecule has 0 saturated heterocycles. The molecular weight excluding hydrogens is 268 g/mol. The van der Waals surface area contributed by atoms with Crippen LogP contribution < -0.4 is 10.6 Å². The third-order valence-corrected chi connectivity index (χ3v) is 2.64. The first-order valence-electron chi connectivity index (χ1n) is 6.69. The minimum Gasteiger partial charge on any atom is -0.450 e. The summed E-state index contributed by atoms with van der Waals surface area (Å²) in [5.41, 5.74) is 2.65. The molecule has 0 fully saturated rings. The van der Waals surface area contributed by atoms with Gasteiger partial charge in [0.15, 0.2) is 0 Å². The molecule has 0 aliphatic heterocycles. The van der Waals surface area contributed by atoms with Crippen molar-refractivity contribution in [1.82, 2.24) is 9.97 Å². The Kier molecular flexibility index (Phi) is 4.71. The van der Waals surface area contributed by atoms with Crippen LogP contribution in [0, 0.1) is 13.8 Å². The van der Waals surface area contributed by atoms with Crippen LogP contribution in [-0.2, 0) is 4.74 Å². The Balaban J connectivity index is 2.03. The van der Waals surface area contributed by atoms with Gasteiger partial charge in [-0.25, -0.2) is 14.8 Å². The van der Waals surface area contributed by atoms with Crippen LogP contribution in [0.1, 0.15) is 18.2 Å². The zero-order chi connectivity index (χ0) is 15.2. The number of hydrogen-bond donors (Lipinski definition) is 2. The predicted molar refractivity (Wildman–Crippen MR) is 81.9 cm³/mol. The predicted octanol–water partition coefficient (Wildman–Crippen LogP) is 3.41. The Labute approximate surface area is 123 Å². The molecule has 2 rings (SSSR count). The molecule has 1 amide bonds. The number of carbonyl (C=O) groups is 1. The van der Waals surface area contributed by atoms with Crippen molar-refractivity contribution in [3.05, 3.63) is 41.7 Å². The molecule has 0 spiro atoms. The van der Waals surface area contributed by atoms with Gasteiger partial charge in [0.2, 0.25) is 0 Å². The average molecular weight is 286 g/mol. The number of aryl methyl sites for hydroxylation is 2. The van der Waals surface area contributed by atoms with Gasteiger partial charge in [-0.1, -0.05) is 0 Å². The standard InChI is InChI=1S/C15H18N4O2/c1-4-21-15(20)18-12-5-6-13(16-9-12)19-14-8-10(2)7-11(3)17-14/h5-9H,4H2,1-3H3,(H,18,20)(H,16,17,19). The first kappa shape index (κ1) is 14.8. The highest BCUT2D eigenvalue weighted by molar-refractivity contribution is 5.84. The van der Waals surface area contributed by atoms with Crippen LogP contribution in [-0.4, -0.2) is 22.7 Å². The number of hydrogen-bond acceptors (Lipinski definition) is 5. The highest BCUT2D eigenvalue weighted by Gasteiger charge is 2.03. The number of amides is 1. The summed E-state index contributed by atoms with van der Waals surface area (Å²) in [6.45, 7) is 6.04. The molecule has 0 aliphatic carbocycles. The molecule has 0 saturated carbocycles. The van der Waals surface area contributed by atoms with E-state index >= 15 is 0 Å². The smallest absolute Gasteiger partial charge is 0.411 e. The summed E-state index contributed by atoms with van der Waals surface area (Å²) in [6, 6.07) is 7.46. The minimum atomic E-state index is -0.490. The van der Waals surface area contributed by atoms with Crippen LogP contribution in [0.2, 0.25) is 0 Å².